The Hall–Kier alpha value is -2.69. The quantitative estimate of drug-likeness (QED) is 0.761. The maximum absolute atomic E-state index is 13.0. The minimum absolute atomic E-state index is 0.0822. The summed E-state index contributed by atoms with van der Waals surface area (Å²) in [4.78, 5) is 31.7. The third-order valence-electron chi connectivity index (χ3n) is 5.27. The summed E-state index contributed by atoms with van der Waals surface area (Å²) in [6.45, 7) is 5.22. The van der Waals surface area contributed by atoms with Gasteiger partial charge >= 0.3 is 5.97 Å². The molecule has 1 aromatic carbocycles. The molecule has 0 spiro atoms. The van der Waals surface area contributed by atoms with Crippen molar-refractivity contribution in [1.82, 2.24) is 9.88 Å². The number of carbonyl (C=O) groups excluding carboxylic acids is 2. The highest BCUT2D eigenvalue weighted by atomic mass is 16.5. The van der Waals surface area contributed by atoms with Crippen LogP contribution >= 0.6 is 0 Å². The topological polar surface area (TPSA) is 59.5 Å². The third-order valence-corrected chi connectivity index (χ3v) is 5.27. The lowest BCUT2D eigenvalue weighted by molar-refractivity contribution is -0.158. The van der Waals surface area contributed by atoms with Gasteiger partial charge in [0, 0.05) is 25.5 Å². The van der Waals surface area contributed by atoms with Crippen molar-refractivity contribution in [3.63, 3.8) is 0 Å². The van der Waals surface area contributed by atoms with Gasteiger partial charge in [-0.15, -0.1) is 0 Å². The predicted molar refractivity (Wildman–Crippen MR) is 103 cm³/mol. The lowest BCUT2D eigenvalue weighted by atomic mass is 9.74. The van der Waals surface area contributed by atoms with Crippen molar-refractivity contribution in [3.05, 3.63) is 65.5 Å². The molecule has 0 saturated carbocycles. The number of aryl methyl sites for hydroxylation is 1. The van der Waals surface area contributed by atoms with Crippen LogP contribution in [0.5, 0.6) is 0 Å². The summed E-state index contributed by atoms with van der Waals surface area (Å²) >= 11 is 0. The van der Waals surface area contributed by atoms with Crippen LogP contribution in [0.25, 0.3) is 0 Å². The number of benzene rings is 1. The van der Waals surface area contributed by atoms with Crippen molar-refractivity contribution in [2.75, 3.05) is 19.7 Å². The SMILES string of the molecule is CCOC(=O)[C@]1(Cc2ccccc2C)CCCN(C(=O)c2cccnc2)C1. The lowest BCUT2D eigenvalue weighted by Gasteiger charge is -2.41. The van der Waals surface area contributed by atoms with Crippen molar-refractivity contribution >= 4 is 11.9 Å². The number of nitrogens with zero attached hydrogens (tertiary/aromatic N) is 2. The zero-order chi connectivity index (χ0) is 19.3. The first kappa shape index (κ1) is 19.1. The first-order valence-corrected chi connectivity index (χ1v) is 9.47. The van der Waals surface area contributed by atoms with Gasteiger partial charge < -0.3 is 9.64 Å². The van der Waals surface area contributed by atoms with E-state index in [0.29, 0.717) is 31.7 Å². The monoisotopic (exact) mass is 366 g/mol. The molecule has 3 rings (SSSR count). The highest BCUT2D eigenvalue weighted by Gasteiger charge is 2.45. The first-order chi connectivity index (χ1) is 13.1. The molecule has 5 heteroatoms. The molecule has 0 bridgehead atoms. The summed E-state index contributed by atoms with van der Waals surface area (Å²) in [7, 11) is 0. The van der Waals surface area contributed by atoms with Crippen LogP contribution in [0.15, 0.2) is 48.8 Å². The maximum Gasteiger partial charge on any atom is 0.314 e. The Kier molecular flexibility index (Phi) is 5.89. The van der Waals surface area contributed by atoms with Crippen molar-refractivity contribution in [2.24, 2.45) is 5.41 Å². The molecule has 0 radical (unpaired) electrons. The van der Waals surface area contributed by atoms with Gasteiger partial charge in [0.2, 0.25) is 0 Å². The van der Waals surface area contributed by atoms with Crippen LogP contribution < -0.4 is 0 Å². The molecule has 0 aliphatic carbocycles. The lowest BCUT2D eigenvalue weighted by Crippen LogP contribution is -2.51. The molecule has 27 heavy (non-hydrogen) atoms. The number of amides is 1. The Bertz CT molecular complexity index is 806. The Morgan fingerprint density at radius 2 is 2.04 bits per heavy atom. The zero-order valence-corrected chi connectivity index (χ0v) is 16.0. The molecule has 1 saturated heterocycles. The number of likely N-dealkylation sites (tertiary alicyclic amines) is 1. The largest absolute Gasteiger partial charge is 0.466 e. The van der Waals surface area contributed by atoms with Gasteiger partial charge in [-0.1, -0.05) is 24.3 Å². The molecule has 1 aliphatic rings. The number of piperidine rings is 1. The number of rotatable bonds is 5. The summed E-state index contributed by atoms with van der Waals surface area (Å²) in [5, 5.41) is 0. The Balaban J connectivity index is 1.89. The number of ether oxygens (including phenoxy) is 1. The second kappa shape index (κ2) is 8.33. The number of hydrogen-bond donors (Lipinski definition) is 0. The van der Waals surface area contributed by atoms with Crippen LogP contribution in [0.2, 0.25) is 0 Å². The number of esters is 1. The van der Waals surface area contributed by atoms with Gasteiger partial charge in [0.15, 0.2) is 0 Å². The average molecular weight is 366 g/mol. The molecule has 1 fully saturated rings. The summed E-state index contributed by atoms with van der Waals surface area (Å²) < 4.78 is 5.44. The normalized spacial score (nSPS) is 19.6. The fourth-order valence-corrected chi connectivity index (χ4v) is 3.82. The number of pyridine rings is 1. The fourth-order valence-electron chi connectivity index (χ4n) is 3.82. The number of carbonyl (C=O) groups is 2. The standard InChI is InChI=1S/C22H26N2O3/c1-3-27-21(26)22(14-18-9-5-4-8-17(18)2)11-7-13-24(16-22)20(25)19-10-6-12-23-15-19/h4-6,8-10,12,15H,3,7,11,13-14,16H2,1-2H3/t22-/m0/s1. The molecule has 1 aliphatic heterocycles. The van der Waals surface area contributed by atoms with E-state index in [1.165, 1.54) is 0 Å². The van der Waals surface area contributed by atoms with Gasteiger partial charge in [0.25, 0.3) is 5.91 Å². The van der Waals surface area contributed by atoms with Crippen molar-refractivity contribution in [1.29, 1.82) is 0 Å². The molecule has 0 N–H and O–H groups in total. The zero-order valence-electron chi connectivity index (χ0n) is 16.0. The molecule has 2 heterocycles. The highest BCUT2D eigenvalue weighted by Crippen LogP contribution is 2.36. The summed E-state index contributed by atoms with van der Waals surface area (Å²) in [5.41, 5.74) is 2.12. The summed E-state index contributed by atoms with van der Waals surface area (Å²) in [6, 6.07) is 11.6. The van der Waals surface area contributed by atoms with Crippen LogP contribution in [0.3, 0.4) is 0 Å². The van der Waals surface area contributed by atoms with Crippen LogP contribution in [-0.2, 0) is 16.0 Å². The molecular weight excluding hydrogens is 340 g/mol. The number of hydrogen-bond acceptors (Lipinski definition) is 4. The van der Waals surface area contributed by atoms with E-state index in [4.69, 9.17) is 4.74 Å². The van der Waals surface area contributed by atoms with Gasteiger partial charge in [-0.2, -0.15) is 0 Å². The summed E-state index contributed by atoms with van der Waals surface area (Å²) in [6.07, 6.45) is 5.29. The molecule has 5 nitrogen and oxygen atoms in total. The van der Waals surface area contributed by atoms with E-state index in [0.717, 1.165) is 24.0 Å². The first-order valence-electron chi connectivity index (χ1n) is 9.47. The van der Waals surface area contributed by atoms with Gasteiger partial charge in [0.1, 0.15) is 0 Å². The van der Waals surface area contributed by atoms with E-state index >= 15 is 0 Å². The highest BCUT2D eigenvalue weighted by molar-refractivity contribution is 5.94. The van der Waals surface area contributed by atoms with Crippen LogP contribution in [0, 0.1) is 12.3 Å². The van der Waals surface area contributed by atoms with Gasteiger partial charge in [-0.25, -0.2) is 0 Å². The fraction of sp³-hybridized carbons (Fsp3) is 0.409. The maximum atomic E-state index is 13.0. The van der Waals surface area contributed by atoms with E-state index in [1.807, 2.05) is 19.1 Å². The Morgan fingerprint density at radius 3 is 2.74 bits per heavy atom. The predicted octanol–water partition coefficient (Wildman–Crippen LogP) is 3.42. The van der Waals surface area contributed by atoms with E-state index < -0.39 is 5.41 Å². The van der Waals surface area contributed by atoms with Gasteiger partial charge in [0.05, 0.1) is 17.6 Å². The van der Waals surface area contributed by atoms with E-state index in [2.05, 4.69) is 24.0 Å². The molecule has 1 aromatic heterocycles. The van der Waals surface area contributed by atoms with Crippen LogP contribution in [-0.4, -0.2) is 41.5 Å². The Morgan fingerprint density at radius 1 is 1.22 bits per heavy atom. The minimum atomic E-state index is -0.710. The van der Waals surface area contributed by atoms with Crippen molar-refractivity contribution in [2.45, 2.75) is 33.1 Å². The van der Waals surface area contributed by atoms with Gasteiger partial charge in [-0.3, -0.25) is 14.6 Å². The molecule has 1 atom stereocenters. The molecule has 142 valence electrons. The molecule has 2 aromatic rings. The Labute approximate surface area is 160 Å². The van der Waals surface area contributed by atoms with Crippen LogP contribution in [0.4, 0.5) is 0 Å². The third kappa shape index (κ3) is 4.18. The van der Waals surface area contributed by atoms with E-state index in [9.17, 15) is 9.59 Å². The van der Waals surface area contributed by atoms with Crippen molar-refractivity contribution in [3.8, 4) is 0 Å². The minimum Gasteiger partial charge on any atom is -0.466 e. The second-order valence-corrected chi connectivity index (χ2v) is 7.18. The van der Waals surface area contributed by atoms with E-state index in [1.54, 1.807) is 29.4 Å². The average Bonchev–Trinajstić information content (AvgIpc) is 2.70. The second-order valence-electron chi connectivity index (χ2n) is 7.18. The van der Waals surface area contributed by atoms with E-state index in [-0.39, 0.29) is 11.9 Å². The number of aromatic nitrogens is 1. The summed E-state index contributed by atoms with van der Waals surface area (Å²) in [5.74, 6) is -0.293. The molecular formula is C22H26N2O3. The smallest absolute Gasteiger partial charge is 0.314 e. The molecule has 1 amide bonds. The van der Waals surface area contributed by atoms with Crippen LogP contribution in [0.1, 0.15) is 41.3 Å². The van der Waals surface area contributed by atoms with Gasteiger partial charge in [-0.05, 0) is 56.4 Å². The van der Waals surface area contributed by atoms with Crippen molar-refractivity contribution < 1.29 is 14.3 Å². The molecule has 0 unspecified atom stereocenters.